The number of unbranched alkanes of at least 4 members (excludes halogenated alkanes) is 33. The molecule has 3 amide bonds. The van der Waals surface area contributed by atoms with E-state index in [4.69, 9.17) is 56.8 Å². The Kier molecular flexibility index (Phi) is 50.8. The van der Waals surface area contributed by atoms with Crippen LogP contribution in [0, 0.1) is 0 Å². The van der Waals surface area contributed by atoms with Crippen molar-refractivity contribution in [3.8, 4) is 0 Å². The standard InChI is InChI=1S/C84H153N3O32/c1-6-8-10-12-14-16-18-20-21-22-23-24-25-26-27-28-29-31-33-35-37-39-41-43-60(96)87-53(54(95)42-40-38-36-34-32-30-19-17-15-13-11-9-7-2)49-108-81-71(105)69(103)75(59(48-92)114-81)116-83-72(106)78(66(100)56(45-89)111-83)119-80-62(86-52(5)94)76(64(98)55(44-88)110-80)117-84-73(107)77(65(99)57(46-90)112-84)118-79-61(85-51(4)93)67(101)74(58(47-91)113-79)115-82-70(104)68(102)63(97)50(3)109-82/h40,42,50,53-59,61-84,88-92,95,97-107H,6-39,41,43-49H2,1-5H3,(H,85,93)(H,86,94)(H,87,96)/b42-40+/t50?,53-,54+,55?,56?,57?,58?,59?,61?,62?,63+,64+,65-,66-,67+,68?,69+,70-,71?,72?,73?,74+,75+,76+,77-,78-,79-,80-,81+,82+,83-,84-/m0/s1. The van der Waals surface area contributed by atoms with Crippen LogP contribution < -0.4 is 16.0 Å². The zero-order valence-electron chi connectivity index (χ0n) is 71.1. The van der Waals surface area contributed by atoms with Gasteiger partial charge in [0.05, 0.1) is 57.9 Å². The smallest absolute Gasteiger partial charge is 0.220 e. The lowest BCUT2D eigenvalue weighted by Crippen LogP contribution is -2.71. The van der Waals surface area contributed by atoms with Gasteiger partial charge in [0.1, 0.15) is 140 Å². The Morgan fingerprint density at radius 3 is 1.09 bits per heavy atom. The van der Waals surface area contributed by atoms with Gasteiger partial charge in [-0.05, 0) is 26.2 Å². The summed E-state index contributed by atoms with van der Waals surface area (Å²) in [5.41, 5.74) is 0. The van der Waals surface area contributed by atoms with Crippen molar-refractivity contribution < 1.29 is 158 Å². The van der Waals surface area contributed by atoms with Gasteiger partial charge in [-0.25, -0.2) is 0 Å². The summed E-state index contributed by atoms with van der Waals surface area (Å²) in [4.78, 5) is 39.5. The third-order valence-corrected chi connectivity index (χ3v) is 23.7. The number of ether oxygens (including phenoxy) is 12. The predicted molar refractivity (Wildman–Crippen MR) is 429 cm³/mol. The monoisotopic (exact) mass is 1720 g/mol. The highest BCUT2D eigenvalue weighted by atomic mass is 16.8. The molecule has 0 radical (unpaired) electrons. The minimum atomic E-state index is -2.26. The Hall–Kier alpha value is -3.01. The van der Waals surface area contributed by atoms with Crippen LogP contribution in [0.25, 0.3) is 0 Å². The fourth-order valence-electron chi connectivity index (χ4n) is 16.5. The van der Waals surface area contributed by atoms with Gasteiger partial charge >= 0.3 is 0 Å². The molecule has 0 aromatic heterocycles. The highest BCUT2D eigenvalue weighted by Gasteiger charge is 2.59. The normalized spacial score (nSPS) is 35.7. The van der Waals surface area contributed by atoms with E-state index in [1.807, 2.05) is 6.08 Å². The number of carbonyl (C=O) groups excluding carboxylic acids is 3. The zero-order chi connectivity index (χ0) is 86.9. The summed E-state index contributed by atoms with van der Waals surface area (Å²) in [6.07, 6.45) is -8.23. The summed E-state index contributed by atoms with van der Waals surface area (Å²) in [6, 6.07) is -4.64. The van der Waals surface area contributed by atoms with Crippen LogP contribution >= 0.6 is 0 Å². The summed E-state index contributed by atoms with van der Waals surface area (Å²) in [5.74, 6) is -2.03. The first-order valence-electron chi connectivity index (χ1n) is 44.8. The van der Waals surface area contributed by atoms with Gasteiger partial charge in [0.25, 0.3) is 0 Å². The molecule has 20 N–H and O–H groups in total. The topological polar surface area (TPSA) is 542 Å². The molecule has 32 atom stereocenters. The number of hydrogen-bond donors (Lipinski definition) is 20. The first kappa shape index (κ1) is 105. The molecule has 6 heterocycles. The second-order valence-electron chi connectivity index (χ2n) is 33.5. The molecular formula is C84H153N3O32. The van der Waals surface area contributed by atoms with E-state index in [1.165, 1.54) is 167 Å². The van der Waals surface area contributed by atoms with Crippen molar-refractivity contribution in [2.45, 2.75) is 462 Å². The molecule has 0 bridgehead atoms. The fourth-order valence-corrected chi connectivity index (χ4v) is 16.5. The van der Waals surface area contributed by atoms with Crippen molar-refractivity contribution in [2.75, 3.05) is 39.6 Å². The van der Waals surface area contributed by atoms with Gasteiger partial charge in [0, 0.05) is 20.3 Å². The van der Waals surface area contributed by atoms with Crippen molar-refractivity contribution in [3.05, 3.63) is 12.2 Å². The van der Waals surface area contributed by atoms with E-state index in [-0.39, 0.29) is 12.3 Å². The van der Waals surface area contributed by atoms with Crippen molar-refractivity contribution in [1.82, 2.24) is 16.0 Å². The lowest BCUT2D eigenvalue weighted by molar-refractivity contribution is -0.386. The molecule has 0 saturated carbocycles. The number of rotatable bonds is 59. The third kappa shape index (κ3) is 33.9. The Balaban J connectivity index is 1.06. The lowest BCUT2D eigenvalue weighted by Gasteiger charge is -2.51. The maximum Gasteiger partial charge on any atom is 0.220 e. The van der Waals surface area contributed by atoms with Crippen LogP contribution in [0.2, 0.25) is 0 Å². The molecule has 119 heavy (non-hydrogen) atoms. The van der Waals surface area contributed by atoms with Crippen LogP contribution in [-0.4, -0.2) is 340 Å². The number of hydrogen-bond acceptors (Lipinski definition) is 32. The minimum absolute atomic E-state index is 0.176. The molecule has 0 aromatic rings. The Morgan fingerprint density at radius 2 is 0.672 bits per heavy atom. The zero-order valence-corrected chi connectivity index (χ0v) is 71.1. The second kappa shape index (κ2) is 57.6. The van der Waals surface area contributed by atoms with Crippen LogP contribution in [0.4, 0.5) is 0 Å². The second-order valence-corrected chi connectivity index (χ2v) is 33.5. The molecule has 6 fully saturated rings. The molecule has 0 aromatic carbocycles. The summed E-state index contributed by atoms with van der Waals surface area (Å²) in [6.45, 7) is 2.41. The Bertz CT molecular complexity index is 2730. The number of aliphatic hydroxyl groups excluding tert-OH is 17. The molecule has 0 aliphatic carbocycles. The van der Waals surface area contributed by atoms with Crippen LogP contribution in [0.3, 0.4) is 0 Å². The van der Waals surface area contributed by atoms with Gasteiger partial charge in [-0.1, -0.05) is 231 Å². The van der Waals surface area contributed by atoms with Crippen molar-refractivity contribution >= 4 is 17.7 Å². The summed E-state index contributed by atoms with van der Waals surface area (Å²) >= 11 is 0. The lowest BCUT2D eigenvalue weighted by atomic mass is 9.93. The largest absolute Gasteiger partial charge is 0.394 e. The Labute approximate surface area is 702 Å². The van der Waals surface area contributed by atoms with E-state index in [9.17, 15) is 101 Å². The molecule has 35 nitrogen and oxygen atoms in total. The quantitative estimate of drug-likeness (QED) is 0.0304. The number of nitrogens with one attached hydrogen (secondary N) is 3. The molecular weight excluding hydrogens is 1560 g/mol. The van der Waals surface area contributed by atoms with E-state index in [1.54, 1.807) is 6.08 Å². The van der Waals surface area contributed by atoms with E-state index in [0.29, 0.717) is 12.8 Å². The van der Waals surface area contributed by atoms with Gasteiger partial charge in [-0.15, -0.1) is 0 Å². The molecule has 6 saturated heterocycles. The van der Waals surface area contributed by atoms with E-state index < -0.39 is 248 Å². The summed E-state index contributed by atoms with van der Waals surface area (Å²) < 4.78 is 71.4. The van der Waals surface area contributed by atoms with Crippen LogP contribution in [0.1, 0.15) is 266 Å². The predicted octanol–water partition coefficient (Wildman–Crippen LogP) is 1.72. The van der Waals surface area contributed by atoms with Gasteiger partial charge in [0.2, 0.25) is 17.7 Å². The number of amides is 3. The molecule has 12 unspecified atom stereocenters. The third-order valence-electron chi connectivity index (χ3n) is 23.7. The highest BCUT2D eigenvalue weighted by molar-refractivity contribution is 5.76. The number of carbonyl (C=O) groups is 3. The molecule has 696 valence electrons. The van der Waals surface area contributed by atoms with Crippen molar-refractivity contribution in [2.24, 2.45) is 0 Å². The highest BCUT2D eigenvalue weighted by Crippen LogP contribution is 2.38. The van der Waals surface area contributed by atoms with Gasteiger partial charge in [-0.2, -0.15) is 0 Å². The SMILES string of the molecule is CCCCCCCCCCCCC/C=C/[C@@H](O)[C@H](CO[C@@H]1OC(CO)[C@@H](O[C@@H]2OC(CO)[C@H](O)[C@H](O[C@@H]3OC(CO)[C@@H](O)[C@H](O[C@@H]4OC(CO)[C@H](O)[C@H](O[C@@H]5OC(CO)[C@@H](O[C@H]6OC(C)[C@@H](O)C(O)[C@@H]6O)[C@H](O)C5NC(C)=O)C4O)C3NC(C)=O)C2O)[C@H](O)C1O)NC(=O)CCCCCCCCCCCCCCCCCCCCCCCCC. The summed E-state index contributed by atoms with van der Waals surface area (Å²) in [5, 5.41) is 199. The average Bonchev–Trinajstić information content (AvgIpc) is 0.776. The fraction of sp³-hybridized carbons (Fsp3) is 0.940. The molecule has 6 aliphatic rings. The number of allylic oxidation sites excluding steroid dienone is 1. The minimum Gasteiger partial charge on any atom is -0.394 e. The van der Waals surface area contributed by atoms with E-state index in [0.717, 1.165) is 65.2 Å². The molecule has 35 heteroatoms. The Morgan fingerprint density at radius 1 is 0.345 bits per heavy atom. The molecule has 0 spiro atoms. The van der Waals surface area contributed by atoms with Gasteiger partial charge in [0.15, 0.2) is 37.7 Å². The van der Waals surface area contributed by atoms with Crippen molar-refractivity contribution in [1.29, 1.82) is 0 Å². The molecule has 6 aliphatic heterocycles. The first-order chi connectivity index (χ1) is 57.3. The van der Waals surface area contributed by atoms with Gasteiger partial charge < -0.3 is 160 Å². The van der Waals surface area contributed by atoms with Crippen LogP contribution in [0.15, 0.2) is 12.2 Å². The maximum atomic E-state index is 13.6. The van der Waals surface area contributed by atoms with E-state index >= 15 is 0 Å². The van der Waals surface area contributed by atoms with Crippen molar-refractivity contribution in [3.63, 3.8) is 0 Å². The average molecular weight is 1720 g/mol. The number of aliphatic hydroxyl groups is 17. The van der Waals surface area contributed by atoms with E-state index in [2.05, 4.69) is 29.8 Å². The molecule has 6 rings (SSSR count). The van der Waals surface area contributed by atoms with Crippen LogP contribution in [0.5, 0.6) is 0 Å². The maximum absolute atomic E-state index is 13.6. The van der Waals surface area contributed by atoms with Crippen LogP contribution in [-0.2, 0) is 71.2 Å². The summed E-state index contributed by atoms with van der Waals surface area (Å²) in [7, 11) is 0. The first-order valence-corrected chi connectivity index (χ1v) is 44.8. The van der Waals surface area contributed by atoms with Gasteiger partial charge in [-0.3, -0.25) is 14.4 Å².